The topological polar surface area (TPSA) is 44.7 Å². The lowest BCUT2D eigenvalue weighted by Crippen LogP contribution is -2.25. The van der Waals surface area contributed by atoms with E-state index in [1.165, 1.54) is 22.3 Å². The van der Waals surface area contributed by atoms with Gasteiger partial charge >= 0.3 is 0 Å². The van der Waals surface area contributed by atoms with Gasteiger partial charge < -0.3 is 4.90 Å². The maximum Gasteiger partial charge on any atom is 0.244 e. The van der Waals surface area contributed by atoms with E-state index in [4.69, 9.17) is 0 Å². The average Bonchev–Trinajstić information content (AvgIpc) is 3.51. The molecular weight excluding hydrogens is 382 g/mol. The summed E-state index contributed by atoms with van der Waals surface area (Å²) in [6.07, 6.45) is 2.49. The fourth-order valence-electron chi connectivity index (χ4n) is 4.34. The summed E-state index contributed by atoms with van der Waals surface area (Å²) in [5.74, 6) is -0.173. The molecule has 1 unspecified atom stereocenters. The van der Waals surface area contributed by atoms with E-state index in [9.17, 15) is 4.79 Å². The SMILES string of the molecule is Cc1cccc(C2(c3cccc(C)c3)CC2C(=O)N/N=C\c2ccc(N(C)C)cc2)c1. The van der Waals surface area contributed by atoms with Crippen LogP contribution in [0.4, 0.5) is 5.69 Å². The summed E-state index contributed by atoms with van der Waals surface area (Å²) in [5.41, 5.74) is 9.36. The molecule has 0 spiro atoms. The Labute approximate surface area is 184 Å². The number of hydrogen-bond acceptors (Lipinski definition) is 3. The van der Waals surface area contributed by atoms with Crippen LogP contribution in [0.25, 0.3) is 0 Å². The van der Waals surface area contributed by atoms with E-state index in [-0.39, 0.29) is 17.2 Å². The Balaban J connectivity index is 1.53. The predicted molar refractivity (Wildman–Crippen MR) is 128 cm³/mol. The molecule has 1 atom stereocenters. The predicted octanol–water partition coefficient (Wildman–Crippen LogP) is 4.83. The number of hydrogen-bond donors (Lipinski definition) is 1. The van der Waals surface area contributed by atoms with Gasteiger partial charge in [0.15, 0.2) is 0 Å². The first-order valence-electron chi connectivity index (χ1n) is 10.6. The minimum absolute atomic E-state index is 0.0378. The van der Waals surface area contributed by atoms with Crippen LogP contribution in [0.15, 0.2) is 77.9 Å². The number of nitrogens with zero attached hydrogens (tertiary/aromatic N) is 2. The van der Waals surface area contributed by atoms with E-state index < -0.39 is 0 Å². The lowest BCUT2D eigenvalue weighted by atomic mass is 9.84. The molecule has 1 saturated carbocycles. The smallest absolute Gasteiger partial charge is 0.244 e. The molecule has 4 rings (SSSR count). The van der Waals surface area contributed by atoms with Crippen LogP contribution in [0, 0.1) is 19.8 Å². The highest BCUT2D eigenvalue weighted by Crippen LogP contribution is 2.59. The molecule has 0 aliphatic heterocycles. The van der Waals surface area contributed by atoms with E-state index in [2.05, 4.69) is 72.9 Å². The standard InChI is InChI=1S/C27H29N3O/c1-19-7-5-9-22(15-19)27(23-10-6-8-20(2)16-23)17-25(27)26(31)29-28-18-21-11-13-24(14-12-21)30(3)4/h5-16,18,25H,17H2,1-4H3,(H,29,31)/b28-18-. The zero-order valence-corrected chi connectivity index (χ0v) is 18.6. The van der Waals surface area contributed by atoms with Crippen molar-refractivity contribution in [3.8, 4) is 0 Å². The van der Waals surface area contributed by atoms with Crippen LogP contribution >= 0.6 is 0 Å². The van der Waals surface area contributed by atoms with Gasteiger partial charge in [-0.2, -0.15) is 5.10 Å². The van der Waals surface area contributed by atoms with Crippen molar-refractivity contribution in [1.82, 2.24) is 5.43 Å². The Kier molecular flexibility index (Phi) is 5.64. The Hall–Kier alpha value is -3.40. The molecule has 0 heterocycles. The van der Waals surface area contributed by atoms with Gasteiger partial charge in [0.25, 0.3) is 0 Å². The average molecular weight is 412 g/mol. The number of nitrogens with one attached hydrogen (secondary N) is 1. The van der Waals surface area contributed by atoms with Gasteiger partial charge in [0.2, 0.25) is 5.91 Å². The third-order valence-electron chi connectivity index (χ3n) is 6.14. The second-order valence-corrected chi connectivity index (χ2v) is 8.69. The summed E-state index contributed by atoms with van der Waals surface area (Å²) in [5, 5.41) is 4.23. The number of benzene rings is 3. The van der Waals surface area contributed by atoms with E-state index in [1.54, 1.807) is 6.21 Å². The lowest BCUT2D eigenvalue weighted by Gasteiger charge is -2.19. The minimum Gasteiger partial charge on any atom is -0.378 e. The molecule has 1 aliphatic rings. The molecule has 4 heteroatoms. The van der Waals surface area contributed by atoms with Crippen LogP contribution in [0.2, 0.25) is 0 Å². The van der Waals surface area contributed by atoms with Gasteiger partial charge in [0.1, 0.15) is 0 Å². The minimum atomic E-state index is -0.287. The Morgan fingerprint density at radius 2 is 1.55 bits per heavy atom. The number of amides is 1. The normalized spacial score (nSPS) is 16.8. The van der Waals surface area contributed by atoms with Gasteiger partial charge in [-0.25, -0.2) is 5.43 Å². The molecule has 1 N–H and O–H groups in total. The fraction of sp³-hybridized carbons (Fsp3) is 0.259. The highest BCUT2D eigenvalue weighted by molar-refractivity contribution is 5.88. The number of aryl methyl sites for hydroxylation is 2. The molecule has 0 saturated heterocycles. The van der Waals surface area contributed by atoms with Crippen LogP contribution < -0.4 is 10.3 Å². The Bertz CT molecular complexity index is 1070. The van der Waals surface area contributed by atoms with Gasteiger partial charge in [0.05, 0.1) is 12.1 Å². The summed E-state index contributed by atoms with van der Waals surface area (Å²) < 4.78 is 0. The number of rotatable bonds is 6. The van der Waals surface area contributed by atoms with Crippen LogP contribution in [0.5, 0.6) is 0 Å². The highest BCUT2D eigenvalue weighted by Gasteiger charge is 2.60. The van der Waals surface area contributed by atoms with Crippen LogP contribution in [0.1, 0.15) is 34.2 Å². The first kappa shape index (κ1) is 20.9. The van der Waals surface area contributed by atoms with Crippen molar-refractivity contribution in [1.29, 1.82) is 0 Å². The number of hydrazone groups is 1. The van der Waals surface area contributed by atoms with Crippen molar-refractivity contribution < 1.29 is 4.79 Å². The second-order valence-electron chi connectivity index (χ2n) is 8.69. The van der Waals surface area contributed by atoms with Crippen molar-refractivity contribution in [2.75, 3.05) is 19.0 Å². The fourth-order valence-corrected chi connectivity index (χ4v) is 4.34. The molecule has 0 aromatic heterocycles. The van der Waals surface area contributed by atoms with Crippen molar-refractivity contribution in [3.63, 3.8) is 0 Å². The highest BCUT2D eigenvalue weighted by atomic mass is 16.2. The van der Waals surface area contributed by atoms with Crippen molar-refractivity contribution in [3.05, 3.63) is 101 Å². The molecule has 1 aliphatic carbocycles. The first-order chi connectivity index (χ1) is 14.9. The maximum atomic E-state index is 13.0. The molecular formula is C27H29N3O. The summed E-state index contributed by atoms with van der Waals surface area (Å²) in [4.78, 5) is 15.1. The van der Waals surface area contributed by atoms with Gasteiger partial charge in [-0.3, -0.25) is 4.79 Å². The van der Waals surface area contributed by atoms with Crippen LogP contribution in [0.3, 0.4) is 0 Å². The summed E-state index contributed by atoms with van der Waals surface area (Å²) in [6.45, 7) is 4.19. The molecule has 0 bridgehead atoms. The number of anilines is 1. The van der Waals surface area contributed by atoms with Crippen LogP contribution in [-0.2, 0) is 10.2 Å². The molecule has 31 heavy (non-hydrogen) atoms. The molecule has 3 aromatic carbocycles. The van der Waals surface area contributed by atoms with Crippen molar-refractivity contribution >= 4 is 17.8 Å². The zero-order valence-electron chi connectivity index (χ0n) is 18.6. The van der Waals surface area contributed by atoms with Crippen molar-refractivity contribution in [2.45, 2.75) is 25.7 Å². The van der Waals surface area contributed by atoms with Crippen LogP contribution in [-0.4, -0.2) is 26.2 Å². The summed E-state index contributed by atoms with van der Waals surface area (Å²) >= 11 is 0. The Morgan fingerprint density at radius 3 is 2.06 bits per heavy atom. The maximum absolute atomic E-state index is 13.0. The molecule has 1 amide bonds. The lowest BCUT2D eigenvalue weighted by molar-refractivity contribution is -0.122. The monoisotopic (exact) mass is 411 g/mol. The van der Waals surface area contributed by atoms with E-state index >= 15 is 0 Å². The first-order valence-corrected chi connectivity index (χ1v) is 10.6. The van der Waals surface area contributed by atoms with E-state index in [0.717, 1.165) is 17.7 Å². The molecule has 0 radical (unpaired) electrons. The van der Waals surface area contributed by atoms with Gasteiger partial charge in [-0.1, -0.05) is 71.8 Å². The Morgan fingerprint density at radius 1 is 0.968 bits per heavy atom. The van der Waals surface area contributed by atoms with E-state index in [0.29, 0.717) is 0 Å². The zero-order chi connectivity index (χ0) is 22.0. The van der Waals surface area contributed by atoms with Gasteiger partial charge in [-0.05, 0) is 49.1 Å². The van der Waals surface area contributed by atoms with E-state index in [1.807, 2.05) is 43.3 Å². The molecule has 1 fully saturated rings. The number of carbonyl (C=O) groups excluding carboxylic acids is 1. The quantitative estimate of drug-likeness (QED) is 0.467. The van der Waals surface area contributed by atoms with Crippen molar-refractivity contribution in [2.24, 2.45) is 11.0 Å². The van der Waals surface area contributed by atoms with Gasteiger partial charge in [0, 0.05) is 25.2 Å². The second kappa shape index (κ2) is 8.38. The summed E-state index contributed by atoms with van der Waals surface area (Å²) in [6, 6.07) is 25.1. The largest absolute Gasteiger partial charge is 0.378 e. The molecule has 4 nitrogen and oxygen atoms in total. The third-order valence-corrected chi connectivity index (χ3v) is 6.14. The summed E-state index contributed by atoms with van der Waals surface area (Å²) in [7, 11) is 4.02. The molecule has 3 aromatic rings. The number of carbonyl (C=O) groups is 1. The third kappa shape index (κ3) is 4.24. The molecule has 158 valence electrons. The van der Waals surface area contributed by atoms with Gasteiger partial charge in [-0.15, -0.1) is 0 Å².